The molecule has 0 unspecified atom stereocenters. The lowest BCUT2D eigenvalue weighted by atomic mass is 10.4. The molecule has 0 fully saturated rings. The van der Waals surface area contributed by atoms with Crippen LogP contribution in [-0.4, -0.2) is 0 Å². The standard InChI is InChI=1S/C23H20OS2/c1-3-9-21(10-4-1)26(22-11-5-2-6-12-22)23-15-13-20(14-16-23)25-18-19-8-7-17-24-19/h1-17,26H,18H2. The summed E-state index contributed by atoms with van der Waals surface area (Å²) in [7, 11) is -0.532. The predicted octanol–water partition coefficient (Wildman–Crippen LogP) is 7.05. The van der Waals surface area contributed by atoms with E-state index in [9.17, 15) is 0 Å². The van der Waals surface area contributed by atoms with E-state index in [2.05, 4.69) is 84.9 Å². The van der Waals surface area contributed by atoms with Crippen LogP contribution in [0.25, 0.3) is 0 Å². The molecule has 1 aromatic heterocycles. The van der Waals surface area contributed by atoms with E-state index in [4.69, 9.17) is 4.42 Å². The van der Waals surface area contributed by atoms with Crippen LogP contribution in [0, 0.1) is 0 Å². The molecule has 0 aliphatic heterocycles. The minimum absolute atomic E-state index is 0.532. The molecular formula is C23H20OS2. The highest BCUT2D eigenvalue weighted by Gasteiger charge is 2.12. The minimum Gasteiger partial charge on any atom is -0.468 e. The molecule has 0 N–H and O–H groups in total. The Morgan fingerprint density at radius 2 is 1.19 bits per heavy atom. The monoisotopic (exact) mass is 376 g/mol. The van der Waals surface area contributed by atoms with Gasteiger partial charge in [-0.05, 0) is 75.4 Å². The molecule has 0 amide bonds. The first-order chi connectivity index (χ1) is 12.9. The lowest BCUT2D eigenvalue weighted by Gasteiger charge is -2.23. The molecule has 0 saturated carbocycles. The Bertz CT molecular complexity index is 878. The number of hydrogen-bond acceptors (Lipinski definition) is 2. The van der Waals surface area contributed by atoms with Gasteiger partial charge in [0.2, 0.25) is 0 Å². The van der Waals surface area contributed by atoms with Crippen molar-refractivity contribution >= 4 is 22.7 Å². The van der Waals surface area contributed by atoms with Gasteiger partial charge in [0, 0.05) is 4.90 Å². The quantitative estimate of drug-likeness (QED) is 0.286. The molecule has 1 heterocycles. The van der Waals surface area contributed by atoms with Gasteiger partial charge in [0.25, 0.3) is 0 Å². The van der Waals surface area contributed by atoms with Crippen LogP contribution in [0.1, 0.15) is 5.76 Å². The van der Waals surface area contributed by atoms with Gasteiger partial charge >= 0.3 is 0 Å². The van der Waals surface area contributed by atoms with Crippen molar-refractivity contribution in [1.29, 1.82) is 0 Å². The van der Waals surface area contributed by atoms with Crippen LogP contribution in [0.4, 0.5) is 0 Å². The molecule has 0 spiro atoms. The van der Waals surface area contributed by atoms with E-state index < -0.39 is 10.9 Å². The summed E-state index contributed by atoms with van der Waals surface area (Å²) in [6.07, 6.45) is 1.73. The highest BCUT2D eigenvalue weighted by atomic mass is 32.2. The van der Waals surface area contributed by atoms with Crippen molar-refractivity contribution in [3.05, 3.63) is 109 Å². The maximum atomic E-state index is 5.42. The van der Waals surface area contributed by atoms with Gasteiger partial charge in [0.05, 0.1) is 12.0 Å². The Labute approximate surface area is 161 Å². The maximum absolute atomic E-state index is 5.42. The molecule has 0 radical (unpaired) electrons. The smallest absolute Gasteiger partial charge is 0.113 e. The summed E-state index contributed by atoms with van der Waals surface area (Å²) >= 11 is 1.80. The van der Waals surface area contributed by atoms with Crippen molar-refractivity contribution in [1.82, 2.24) is 0 Å². The van der Waals surface area contributed by atoms with Crippen molar-refractivity contribution in [2.24, 2.45) is 0 Å². The van der Waals surface area contributed by atoms with E-state index >= 15 is 0 Å². The molecule has 0 aliphatic carbocycles. The topological polar surface area (TPSA) is 13.1 Å². The van der Waals surface area contributed by atoms with Crippen molar-refractivity contribution in [3.63, 3.8) is 0 Å². The Morgan fingerprint density at radius 1 is 0.615 bits per heavy atom. The highest BCUT2D eigenvalue weighted by molar-refractivity contribution is 8.17. The van der Waals surface area contributed by atoms with Crippen LogP contribution >= 0.6 is 22.7 Å². The number of thiol groups is 1. The minimum atomic E-state index is -0.532. The molecule has 0 atom stereocenters. The third-order valence-corrected chi connectivity index (χ3v) is 7.56. The number of thioether (sulfide) groups is 1. The van der Waals surface area contributed by atoms with E-state index in [0.29, 0.717) is 0 Å². The largest absolute Gasteiger partial charge is 0.468 e. The molecule has 0 aliphatic rings. The van der Waals surface area contributed by atoms with Crippen molar-refractivity contribution in [3.8, 4) is 0 Å². The van der Waals surface area contributed by atoms with Gasteiger partial charge in [-0.15, -0.1) is 11.8 Å². The van der Waals surface area contributed by atoms with Crippen LogP contribution in [-0.2, 0) is 5.75 Å². The van der Waals surface area contributed by atoms with Crippen LogP contribution in [0.15, 0.2) is 127 Å². The van der Waals surface area contributed by atoms with Gasteiger partial charge in [-0.2, -0.15) is 10.9 Å². The van der Waals surface area contributed by atoms with Gasteiger partial charge in [0.15, 0.2) is 0 Å². The fourth-order valence-corrected chi connectivity index (χ4v) is 5.93. The molecule has 0 saturated heterocycles. The average molecular weight is 377 g/mol. The molecule has 4 aromatic rings. The zero-order valence-corrected chi connectivity index (χ0v) is 16.0. The van der Waals surface area contributed by atoms with Crippen LogP contribution in [0.5, 0.6) is 0 Å². The van der Waals surface area contributed by atoms with Crippen molar-refractivity contribution in [2.45, 2.75) is 25.3 Å². The lowest BCUT2D eigenvalue weighted by Crippen LogP contribution is -1.88. The number of benzene rings is 3. The first-order valence-corrected chi connectivity index (χ1v) is 10.9. The van der Waals surface area contributed by atoms with Crippen LogP contribution in [0.2, 0.25) is 0 Å². The molecule has 0 bridgehead atoms. The van der Waals surface area contributed by atoms with Crippen molar-refractivity contribution in [2.75, 3.05) is 0 Å². The Balaban J connectivity index is 1.60. The summed E-state index contributed by atoms with van der Waals surface area (Å²) in [5, 5.41) is 0. The van der Waals surface area contributed by atoms with Crippen LogP contribution in [0.3, 0.4) is 0 Å². The zero-order chi connectivity index (χ0) is 17.6. The molecule has 3 aromatic carbocycles. The van der Waals surface area contributed by atoms with E-state index in [0.717, 1.165) is 11.5 Å². The SMILES string of the molecule is c1ccc([SH](c2ccccc2)c2ccc(SCc3ccco3)cc2)cc1. The number of rotatable bonds is 6. The maximum Gasteiger partial charge on any atom is 0.113 e. The lowest BCUT2D eigenvalue weighted by molar-refractivity contribution is 0.530. The summed E-state index contributed by atoms with van der Waals surface area (Å²) in [6.45, 7) is 0. The predicted molar refractivity (Wildman–Crippen MR) is 111 cm³/mol. The second-order valence-corrected chi connectivity index (χ2v) is 9.14. The van der Waals surface area contributed by atoms with E-state index in [1.165, 1.54) is 19.6 Å². The fraction of sp³-hybridized carbons (Fsp3) is 0.0435. The van der Waals surface area contributed by atoms with Crippen molar-refractivity contribution < 1.29 is 4.42 Å². The molecule has 130 valence electrons. The average Bonchev–Trinajstić information content (AvgIpc) is 3.23. The van der Waals surface area contributed by atoms with Gasteiger partial charge < -0.3 is 4.42 Å². The number of hydrogen-bond donors (Lipinski definition) is 1. The van der Waals surface area contributed by atoms with Gasteiger partial charge in [-0.1, -0.05) is 36.4 Å². The second kappa shape index (κ2) is 8.35. The summed E-state index contributed by atoms with van der Waals surface area (Å²) in [4.78, 5) is 5.40. The van der Waals surface area contributed by atoms with E-state index in [1.807, 2.05) is 12.1 Å². The molecule has 4 rings (SSSR count). The molecule has 26 heavy (non-hydrogen) atoms. The van der Waals surface area contributed by atoms with Crippen LogP contribution < -0.4 is 0 Å². The Kier molecular flexibility index (Phi) is 5.48. The first kappa shape index (κ1) is 17.1. The van der Waals surface area contributed by atoms with Gasteiger partial charge in [-0.3, -0.25) is 0 Å². The third kappa shape index (κ3) is 4.06. The highest BCUT2D eigenvalue weighted by Crippen LogP contribution is 2.51. The zero-order valence-electron chi connectivity index (χ0n) is 14.3. The summed E-state index contributed by atoms with van der Waals surface area (Å²) < 4.78 is 5.42. The third-order valence-electron chi connectivity index (χ3n) is 4.08. The Morgan fingerprint density at radius 3 is 1.73 bits per heavy atom. The summed E-state index contributed by atoms with van der Waals surface area (Å²) in [5.74, 6) is 1.87. The summed E-state index contributed by atoms with van der Waals surface area (Å²) in [5.41, 5.74) is 0. The molecule has 3 heteroatoms. The number of furan rings is 1. The van der Waals surface area contributed by atoms with E-state index in [1.54, 1.807) is 18.0 Å². The van der Waals surface area contributed by atoms with E-state index in [-0.39, 0.29) is 0 Å². The normalized spacial score (nSPS) is 11.3. The molecule has 1 nitrogen and oxygen atoms in total. The van der Waals surface area contributed by atoms with Gasteiger partial charge in [0.1, 0.15) is 5.76 Å². The fourth-order valence-electron chi connectivity index (χ4n) is 2.84. The van der Waals surface area contributed by atoms with Gasteiger partial charge in [-0.25, -0.2) is 0 Å². The Hall–Kier alpha value is -2.36. The second-order valence-electron chi connectivity index (χ2n) is 5.87. The molecular weight excluding hydrogens is 356 g/mol. The first-order valence-electron chi connectivity index (χ1n) is 8.56. The summed E-state index contributed by atoms with van der Waals surface area (Å²) in [6, 6.07) is 34.6.